The summed E-state index contributed by atoms with van der Waals surface area (Å²) >= 11 is 0. The molecule has 130 valence electrons. The highest BCUT2D eigenvalue weighted by Crippen LogP contribution is 2.17. The van der Waals surface area contributed by atoms with Crippen LogP contribution in [0, 0.1) is 18.3 Å². The summed E-state index contributed by atoms with van der Waals surface area (Å²) in [6.07, 6.45) is 0.758. The maximum absolute atomic E-state index is 12.5. The molecule has 2 aromatic rings. The smallest absolute Gasteiger partial charge is 0.276 e. The van der Waals surface area contributed by atoms with Gasteiger partial charge < -0.3 is 19.5 Å². The van der Waals surface area contributed by atoms with E-state index >= 15 is 0 Å². The van der Waals surface area contributed by atoms with Gasteiger partial charge in [-0.25, -0.2) is 9.97 Å². The van der Waals surface area contributed by atoms with Crippen molar-refractivity contribution in [2.45, 2.75) is 26.0 Å². The number of aromatic nitrogens is 3. The molecular formula is C16H18N6O3. The van der Waals surface area contributed by atoms with Gasteiger partial charge in [-0.3, -0.25) is 4.79 Å². The van der Waals surface area contributed by atoms with E-state index in [1.165, 1.54) is 0 Å². The SMILES string of the molecule is COCc1cc(C(=O)N2CCC(Nc3nc(C)cc(C#N)n3)C2)no1. The quantitative estimate of drug-likeness (QED) is 0.859. The molecule has 0 aromatic carbocycles. The number of methoxy groups -OCH3 is 1. The van der Waals surface area contributed by atoms with E-state index in [1.54, 1.807) is 31.1 Å². The first-order chi connectivity index (χ1) is 12.1. The molecule has 3 rings (SSSR count). The topological polar surface area (TPSA) is 117 Å². The summed E-state index contributed by atoms with van der Waals surface area (Å²) in [4.78, 5) is 22.6. The zero-order chi connectivity index (χ0) is 17.8. The standard InChI is InChI=1S/C16H18N6O3/c1-10-5-12(7-17)20-16(18-10)19-11-3-4-22(8-11)15(23)14-6-13(9-24-2)25-21-14/h5-6,11H,3-4,8-9H2,1-2H3,(H,18,19,20). The molecule has 1 aliphatic rings. The van der Waals surface area contributed by atoms with Crippen molar-refractivity contribution in [1.82, 2.24) is 20.0 Å². The first-order valence-electron chi connectivity index (χ1n) is 7.85. The number of hydrogen-bond donors (Lipinski definition) is 1. The van der Waals surface area contributed by atoms with Crippen LogP contribution < -0.4 is 5.32 Å². The summed E-state index contributed by atoms with van der Waals surface area (Å²) in [5.41, 5.74) is 1.30. The molecule has 1 aliphatic heterocycles. The van der Waals surface area contributed by atoms with Gasteiger partial charge in [0.1, 0.15) is 18.4 Å². The average molecular weight is 342 g/mol. The highest BCUT2D eigenvalue weighted by atomic mass is 16.5. The number of ether oxygens (including phenoxy) is 1. The molecule has 1 saturated heterocycles. The number of aryl methyl sites for hydroxylation is 1. The van der Waals surface area contributed by atoms with E-state index < -0.39 is 0 Å². The highest BCUT2D eigenvalue weighted by Gasteiger charge is 2.29. The van der Waals surface area contributed by atoms with Crippen molar-refractivity contribution < 1.29 is 14.1 Å². The van der Waals surface area contributed by atoms with Crippen LogP contribution in [0.5, 0.6) is 0 Å². The summed E-state index contributed by atoms with van der Waals surface area (Å²) in [6, 6.07) is 5.24. The summed E-state index contributed by atoms with van der Waals surface area (Å²) in [6.45, 7) is 3.18. The molecule has 0 bridgehead atoms. The van der Waals surface area contributed by atoms with Crippen molar-refractivity contribution in [1.29, 1.82) is 5.26 Å². The first-order valence-corrected chi connectivity index (χ1v) is 7.85. The Morgan fingerprint density at radius 2 is 2.36 bits per heavy atom. The lowest BCUT2D eigenvalue weighted by atomic mass is 10.3. The Bertz CT molecular complexity index is 812. The number of nitrogens with zero attached hydrogens (tertiary/aromatic N) is 5. The summed E-state index contributed by atoms with van der Waals surface area (Å²) in [5, 5.41) is 16.0. The van der Waals surface area contributed by atoms with Gasteiger partial charge >= 0.3 is 0 Å². The maximum Gasteiger partial charge on any atom is 0.276 e. The number of amides is 1. The molecule has 0 aliphatic carbocycles. The largest absolute Gasteiger partial charge is 0.377 e. The van der Waals surface area contributed by atoms with Gasteiger partial charge in [0.2, 0.25) is 5.95 Å². The van der Waals surface area contributed by atoms with Gasteiger partial charge in [0, 0.05) is 38.0 Å². The van der Waals surface area contributed by atoms with E-state index in [1.807, 2.05) is 6.07 Å². The minimum absolute atomic E-state index is 0.0163. The Kier molecular flexibility index (Phi) is 4.90. The molecule has 0 saturated carbocycles. The third kappa shape index (κ3) is 3.92. The molecule has 1 N–H and O–H groups in total. The molecule has 0 radical (unpaired) electrons. The number of rotatable bonds is 5. The first kappa shape index (κ1) is 16.9. The van der Waals surface area contributed by atoms with Crippen LogP contribution >= 0.6 is 0 Å². The maximum atomic E-state index is 12.5. The van der Waals surface area contributed by atoms with Crippen molar-refractivity contribution in [3.63, 3.8) is 0 Å². The van der Waals surface area contributed by atoms with E-state index in [9.17, 15) is 4.79 Å². The van der Waals surface area contributed by atoms with E-state index in [-0.39, 0.29) is 24.2 Å². The van der Waals surface area contributed by atoms with Crippen LogP contribution in [0.4, 0.5) is 5.95 Å². The molecule has 25 heavy (non-hydrogen) atoms. The van der Waals surface area contributed by atoms with Gasteiger partial charge in [0.25, 0.3) is 5.91 Å². The monoisotopic (exact) mass is 342 g/mol. The third-order valence-electron chi connectivity index (χ3n) is 3.84. The zero-order valence-corrected chi connectivity index (χ0v) is 14.0. The number of carbonyl (C=O) groups is 1. The molecule has 3 heterocycles. The van der Waals surface area contributed by atoms with Gasteiger partial charge in [-0.2, -0.15) is 5.26 Å². The Hall–Kier alpha value is -2.99. The Balaban J connectivity index is 1.62. The number of nitrogens with one attached hydrogen (secondary N) is 1. The summed E-state index contributed by atoms with van der Waals surface area (Å²) in [7, 11) is 1.55. The normalized spacial score (nSPS) is 16.7. The molecule has 1 atom stereocenters. The summed E-state index contributed by atoms with van der Waals surface area (Å²) in [5.74, 6) is 0.731. The van der Waals surface area contributed by atoms with Crippen LogP contribution in [0.15, 0.2) is 16.7 Å². The predicted molar refractivity (Wildman–Crippen MR) is 86.6 cm³/mol. The van der Waals surface area contributed by atoms with Gasteiger partial charge in [-0.15, -0.1) is 0 Å². The second-order valence-electron chi connectivity index (χ2n) is 5.82. The number of hydrogen-bond acceptors (Lipinski definition) is 8. The average Bonchev–Trinajstić information content (AvgIpc) is 3.24. The van der Waals surface area contributed by atoms with Gasteiger partial charge in [-0.05, 0) is 19.4 Å². The van der Waals surface area contributed by atoms with Gasteiger partial charge in [0.05, 0.1) is 0 Å². The minimum Gasteiger partial charge on any atom is -0.377 e. The molecule has 1 fully saturated rings. The Morgan fingerprint density at radius 1 is 1.52 bits per heavy atom. The molecule has 1 unspecified atom stereocenters. The van der Waals surface area contributed by atoms with Crippen molar-refractivity contribution in [3.8, 4) is 6.07 Å². The van der Waals surface area contributed by atoms with Crippen LogP contribution in [-0.4, -0.2) is 52.2 Å². The Labute approximate surface area is 144 Å². The van der Waals surface area contributed by atoms with E-state index in [0.717, 1.165) is 6.42 Å². The number of carbonyl (C=O) groups excluding carboxylic acids is 1. The summed E-state index contributed by atoms with van der Waals surface area (Å²) < 4.78 is 10.0. The van der Waals surface area contributed by atoms with Gasteiger partial charge in [-0.1, -0.05) is 5.16 Å². The van der Waals surface area contributed by atoms with E-state index in [2.05, 4.69) is 20.4 Å². The number of anilines is 1. The zero-order valence-electron chi connectivity index (χ0n) is 14.0. The molecule has 9 nitrogen and oxygen atoms in total. The second-order valence-corrected chi connectivity index (χ2v) is 5.82. The fourth-order valence-electron chi connectivity index (χ4n) is 2.72. The van der Waals surface area contributed by atoms with Crippen molar-refractivity contribution in [3.05, 3.63) is 35.0 Å². The van der Waals surface area contributed by atoms with E-state index in [0.29, 0.717) is 36.2 Å². The third-order valence-corrected chi connectivity index (χ3v) is 3.84. The molecule has 1 amide bonds. The van der Waals surface area contributed by atoms with Crippen LogP contribution in [0.2, 0.25) is 0 Å². The van der Waals surface area contributed by atoms with E-state index in [4.69, 9.17) is 14.5 Å². The van der Waals surface area contributed by atoms with Crippen molar-refractivity contribution >= 4 is 11.9 Å². The molecule has 9 heteroatoms. The number of likely N-dealkylation sites (tertiary alicyclic amines) is 1. The number of nitriles is 1. The molecular weight excluding hydrogens is 324 g/mol. The highest BCUT2D eigenvalue weighted by molar-refractivity contribution is 5.92. The lowest BCUT2D eigenvalue weighted by Gasteiger charge is -2.16. The van der Waals surface area contributed by atoms with Crippen molar-refractivity contribution in [2.75, 3.05) is 25.5 Å². The fourth-order valence-corrected chi connectivity index (χ4v) is 2.72. The minimum atomic E-state index is -0.182. The van der Waals surface area contributed by atoms with Crippen LogP contribution in [0.1, 0.15) is 34.1 Å². The van der Waals surface area contributed by atoms with Gasteiger partial charge in [0.15, 0.2) is 11.5 Å². The lowest BCUT2D eigenvalue weighted by Crippen LogP contribution is -2.32. The Morgan fingerprint density at radius 3 is 3.12 bits per heavy atom. The van der Waals surface area contributed by atoms with Crippen LogP contribution in [0.25, 0.3) is 0 Å². The van der Waals surface area contributed by atoms with Crippen LogP contribution in [0.3, 0.4) is 0 Å². The lowest BCUT2D eigenvalue weighted by molar-refractivity contribution is 0.0780. The predicted octanol–water partition coefficient (Wildman–Crippen LogP) is 1.12. The fraction of sp³-hybridized carbons (Fsp3) is 0.438. The van der Waals surface area contributed by atoms with Crippen molar-refractivity contribution in [2.24, 2.45) is 0 Å². The van der Waals surface area contributed by atoms with Crippen LogP contribution in [-0.2, 0) is 11.3 Å². The molecule has 0 spiro atoms. The molecule has 2 aromatic heterocycles. The second kappa shape index (κ2) is 7.27.